The zero-order chi connectivity index (χ0) is 9.14. The Morgan fingerprint density at radius 2 is 2.00 bits per heavy atom. The van der Waals surface area contributed by atoms with Crippen LogP contribution in [0.15, 0.2) is 21.4 Å². The van der Waals surface area contributed by atoms with Gasteiger partial charge in [0.2, 0.25) is 5.96 Å². The maximum absolute atomic E-state index is 5.68. The number of rotatable bonds is 1. The Morgan fingerprint density at radius 3 is 2.58 bits per heavy atom. The maximum atomic E-state index is 5.68. The number of hydrogen-bond acceptors (Lipinski definition) is 4. The van der Waals surface area contributed by atoms with Crippen LogP contribution in [0.5, 0.6) is 0 Å². The van der Waals surface area contributed by atoms with Gasteiger partial charge in [-0.1, -0.05) is 6.92 Å². The molecule has 4 nitrogen and oxygen atoms in total. The van der Waals surface area contributed by atoms with Gasteiger partial charge in [0.05, 0.1) is 0 Å². The molecule has 0 spiro atoms. The molecule has 1 aliphatic rings. The van der Waals surface area contributed by atoms with Crippen molar-refractivity contribution in [3.05, 3.63) is 11.4 Å². The Bertz CT molecular complexity index is 273. The van der Waals surface area contributed by atoms with E-state index in [9.17, 15) is 0 Å². The van der Waals surface area contributed by atoms with Crippen LogP contribution < -0.4 is 11.5 Å². The van der Waals surface area contributed by atoms with Crippen LogP contribution in [0.25, 0.3) is 0 Å². The van der Waals surface area contributed by atoms with Gasteiger partial charge in [0.15, 0.2) is 0 Å². The fourth-order valence-electron chi connectivity index (χ4n) is 1.17. The molecule has 0 fully saturated rings. The van der Waals surface area contributed by atoms with E-state index in [-0.39, 0.29) is 5.96 Å². The predicted molar refractivity (Wildman–Crippen MR) is 50.9 cm³/mol. The molecule has 66 valence electrons. The van der Waals surface area contributed by atoms with Gasteiger partial charge in [0.1, 0.15) is 5.82 Å². The van der Waals surface area contributed by atoms with Crippen molar-refractivity contribution in [3.8, 4) is 0 Å². The van der Waals surface area contributed by atoms with Crippen molar-refractivity contribution in [2.75, 3.05) is 0 Å². The molecule has 1 rings (SSSR count). The van der Waals surface area contributed by atoms with Crippen molar-refractivity contribution in [1.82, 2.24) is 0 Å². The van der Waals surface area contributed by atoms with E-state index in [4.69, 9.17) is 11.5 Å². The van der Waals surface area contributed by atoms with Gasteiger partial charge in [0, 0.05) is 12.1 Å². The van der Waals surface area contributed by atoms with E-state index in [2.05, 4.69) is 9.98 Å². The highest BCUT2D eigenvalue weighted by molar-refractivity contribution is 5.97. The first-order chi connectivity index (χ1) is 5.63. The molecule has 0 bridgehead atoms. The van der Waals surface area contributed by atoms with Gasteiger partial charge in [0.25, 0.3) is 0 Å². The first-order valence-electron chi connectivity index (χ1n) is 3.99. The highest BCUT2D eigenvalue weighted by atomic mass is 15.1. The van der Waals surface area contributed by atoms with E-state index in [0.717, 1.165) is 24.1 Å². The molecule has 0 amide bonds. The second-order valence-electron chi connectivity index (χ2n) is 2.84. The summed E-state index contributed by atoms with van der Waals surface area (Å²) in [4.78, 5) is 7.99. The average molecular weight is 166 g/mol. The molecule has 4 heteroatoms. The highest BCUT2D eigenvalue weighted by Gasteiger charge is 2.07. The summed E-state index contributed by atoms with van der Waals surface area (Å²) in [6.07, 6.45) is 1.68. The third-order valence-corrected chi connectivity index (χ3v) is 1.80. The zero-order valence-corrected chi connectivity index (χ0v) is 7.46. The van der Waals surface area contributed by atoms with Gasteiger partial charge in [-0.2, -0.15) is 4.99 Å². The van der Waals surface area contributed by atoms with Gasteiger partial charge in [-0.3, -0.25) is 0 Å². The van der Waals surface area contributed by atoms with E-state index < -0.39 is 0 Å². The standard InChI is InChI=1S/C8H14N4/c1-3-6-4-5(2)11-8(10)12-7(6)9/h3-4,9H2,1-2H3,(H2,10,12). The number of aliphatic imine (C=N–C) groups is 2. The summed E-state index contributed by atoms with van der Waals surface area (Å²) >= 11 is 0. The average Bonchev–Trinajstić information content (AvgIpc) is 2.09. The fourth-order valence-corrected chi connectivity index (χ4v) is 1.17. The van der Waals surface area contributed by atoms with Crippen molar-refractivity contribution in [2.24, 2.45) is 21.5 Å². The topological polar surface area (TPSA) is 76.8 Å². The van der Waals surface area contributed by atoms with Gasteiger partial charge in [-0.05, 0) is 18.9 Å². The van der Waals surface area contributed by atoms with Gasteiger partial charge in [-0.15, -0.1) is 0 Å². The van der Waals surface area contributed by atoms with Crippen LogP contribution in [0, 0.1) is 0 Å². The molecule has 0 aliphatic carbocycles. The minimum absolute atomic E-state index is 0.258. The largest absolute Gasteiger partial charge is 0.384 e. The number of allylic oxidation sites excluding steroid dienone is 1. The van der Waals surface area contributed by atoms with E-state index in [0.29, 0.717) is 5.82 Å². The summed E-state index contributed by atoms with van der Waals surface area (Å²) in [5.41, 5.74) is 13.2. The van der Waals surface area contributed by atoms with E-state index >= 15 is 0 Å². The van der Waals surface area contributed by atoms with E-state index in [1.165, 1.54) is 0 Å². The zero-order valence-electron chi connectivity index (χ0n) is 7.46. The van der Waals surface area contributed by atoms with Crippen molar-refractivity contribution in [2.45, 2.75) is 26.7 Å². The lowest BCUT2D eigenvalue weighted by Crippen LogP contribution is -2.10. The minimum atomic E-state index is 0.258. The van der Waals surface area contributed by atoms with E-state index in [1.807, 2.05) is 13.8 Å². The van der Waals surface area contributed by atoms with Crippen LogP contribution in [0.4, 0.5) is 0 Å². The summed E-state index contributed by atoms with van der Waals surface area (Å²) in [5.74, 6) is 0.782. The van der Waals surface area contributed by atoms with Crippen molar-refractivity contribution in [3.63, 3.8) is 0 Å². The number of nitrogens with zero attached hydrogens (tertiary/aromatic N) is 2. The molecule has 4 N–H and O–H groups in total. The molecular formula is C8H14N4. The van der Waals surface area contributed by atoms with Crippen LogP contribution in [-0.4, -0.2) is 11.7 Å². The lowest BCUT2D eigenvalue weighted by molar-refractivity contribution is 0.991. The monoisotopic (exact) mass is 166 g/mol. The lowest BCUT2D eigenvalue weighted by Gasteiger charge is -2.02. The highest BCUT2D eigenvalue weighted by Crippen LogP contribution is 2.14. The minimum Gasteiger partial charge on any atom is -0.384 e. The summed E-state index contributed by atoms with van der Waals surface area (Å²) in [6, 6.07) is 0. The molecule has 12 heavy (non-hydrogen) atoms. The molecule has 1 aliphatic heterocycles. The second kappa shape index (κ2) is 3.38. The molecule has 1 heterocycles. The molecule has 0 aromatic heterocycles. The number of hydrogen-bond donors (Lipinski definition) is 2. The SMILES string of the molecule is CCC1=C(N)N=C(N)N=C(C)C1. The van der Waals surface area contributed by atoms with Crippen molar-refractivity contribution in [1.29, 1.82) is 0 Å². The summed E-state index contributed by atoms with van der Waals surface area (Å²) in [7, 11) is 0. The van der Waals surface area contributed by atoms with Crippen molar-refractivity contribution >= 4 is 11.7 Å². The first kappa shape index (κ1) is 8.77. The van der Waals surface area contributed by atoms with Gasteiger partial charge in [-0.25, -0.2) is 4.99 Å². The first-order valence-corrected chi connectivity index (χ1v) is 3.99. The maximum Gasteiger partial charge on any atom is 0.221 e. The summed E-state index contributed by atoms with van der Waals surface area (Å²) < 4.78 is 0. The summed E-state index contributed by atoms with van der Waals surface area (Å²) in [5, 5.41) is 0. The Balaban J connectivity index is 3.02. The molecule has 0 aromatic carbocycles. The lowest BCUT2D eigenvalue weighted by atomic mass is 10.1. The molecule has 0 saturated heterocycles. The third kappa shape index (κ3) is 1.84. The van der Waals surface area contributed by atoms with E-state index in [1.54, 1.807) is 0 Å². The molecule has 0 unspecified atom stereocenters. The fraction of sp³-hybridized carbons (Fsp3) is 0.500. The molecule has 0 radical (unpaired) electrons. The quantitative estimate of drug-likeness (QED) is 0.603. The van der Waals surface area contributed by atoms with Crippen LogP contribution in [0.1, 0.15) is 26.7 Å². The molecule has 0 saturated carbocycles. The second-order valence-corrected chi connectivity index (χ2v) is 2.84. The Labute approximate surface area is 72.1 Å². The Kier molecular flexibility index (Phi) is 2.47. The number of guanidine groups is 1. The van der Waals surface area contributed by atoms with Gasteiger partial charge < -0.3 is 11.5 Å². The van der Waals surface area contributed by atoms with Crippen LogP contribution in [0.2, 0.25) is 0 Å². The van der Waals surface area contributed by atoms with Crippen molar-refractivity contribution < 1.29 is 0 Å². The third-order valence-electron chi connectivity index (χ3n) is 1.80. The number of nitrogens with two attached hydrogens (primary N) is 2. The normalized spacial score (nSPS) is 18.5. The molecule has 0 aromatic rings. The molecule has 0 atom stereocenters. The van der Waals surface area contributed by atoms with Crippen LogP contribution in [-0.2, 0) is 0 Å². The van der Waals surface area contributed by atoms with Crippen LogP contribution in [0.3, 0.4) is 0 Å². The Hall–Kier alpha value is -1.32. The summed E-state index contributed by atoms with van der Waals surface area (Å²) in [6.45, 7) is 3.98. The molecular weight excluding hydrogens is 152 g/mol. The van der Waals surface area contributed by atoms with Crippen LogP contribution >= 0.6 is 0 Å². The van der Waals surface area contributed by atoms with Gasteiger partial charge >= 0.3 is 0 Å². The Morgan fingerprint density at radius 1 is 1.33 bits per heavy atom. The smallest absolute Gasteiger partial charge is 0.221 e. The predicted octanol–water partition coefficient (Wildman–Crippen LogP) is 0.746.